The van der Waals surface area contributed by atoms with Gasteiger partial charge in [-0.3, -0.25) is 0 Å². The minimum atomic E-state index is -2.99. The van der Waals surface area contributed by atoms with Gasteiger partial charge in [0.1, 0.15) is 4.99 Å². The smallest absolute Gasteiger partial charge is 0.151 e. The maximum Gasteiger partial charge on any atom is 0.151 e. The zero-order chi connectivity index (χ0) is 13.8. The molecule has 1 aromatic carbocycles. The van der Waals surface area contributed by atoms with Crippen LogP contribution in [0.1, 0.15) is 12.5 Å². The first-order valence-corrected chi connectivity index (χ1v) is 8.00. The molecule has 0 atom stereocenters. The third-order valence-corrected chi connectivity index (χ3v) is 4.65. The minimum Gasteiger partial charge on any atom is -0.389 e. The normalized spacial score (nSPS) is 11.2. The summed E-state index contributed by atoms with van der Waals surface area (Å²) in [6.45, 7) is 1.92. The van der Waals surface area contributed by atoms with Crippen LogP contribution in [0.15, 0.2) is 18.2 Å². The molecule has 0 aromatic heterocycles. The van der Waals surface area contributed by atoms with Crippen molar-refractivity contribution in [3.8, 4) is 0 Å². The van der Waals surface area contributed by atoms with Gasteiger partial charge in [-0.25, -0.2) is 8.42 Å². The van der Waals surface area contributed by atoms with Crippen LogP contribution in [0.3, 0.4) is 0 Å². The van der Waals surface area contributed by atoms with E-state index in [1.54, 1.807) is 25.1 Å². The highest BCUT2D eigenvalue weighted by Crippen LogP contribution is 2.24. The molecular weight excluding hydrogens is 292 g/mol. The molecule has 1 aromatic rings. The highest BCUT2D eigenvalue weighted by molar-refractivity contribution is 7.91. The van der Waals surface area contributed by atoms with Crippen LogP contribution >= 0.6 is 23.8 Å². The lowest BCUT2D eigenvalue weighted by Gasteiger charge is -2.12. The van der Waals surface area contributed by atoms with Gasteiger partial charge in [0.25, 0.3) is 0 Å². The highest BCUT2D eigenvalue weighted by atomic mass is 35.5. The van der Waals surface area contributed by atoms with Gasteiger partial charge in [0.2, 0.25) is 0 Å². The number of anilines is 1. The number of nitrogens with one attached hydrogen (secondary N) is 1. The van der Waals surface area contributed by atoms with Gasteiger partial charge in [0.15, 0.2) is 9.84 Å². The molecule has 0 aliphatic carbocycles. The number of rotatable bonds is 6. The van der Waals surface area contributed by atoms with E-state index < -0.39 is 9.84 Å². The van der Waals surface area contributed by atoms with E-state index in [4.69, 9.17) is 29.6 Å². The fraction of sp³-hybridized carbons (Fsp3) is 0.364. The van der Waals surface area contributed by atoms with Crippen molar-refractivity contribution >= 4 is 44.3 Å². The van der Waals surface area contributed by atoms with Crippen molar-refractivity contribution in [2.75, 3.05) is 23.4 Å². The number of thiocarbonyl (C=S) groups is 1. The van der Waals surface area contributed by atoms with Crippen molar-refractivity contribution in [3.63, 3.8) is 0 Å². The molecule has 0 aliphatic heterocycles. The van der Waals surface area contributed by atoms with Gasteiger partial charge in [-0.1, -0.05) is 36.8 Å². The second kappa shape index (κ2) is 6.36. The number of halogens is 1. The third-order valence-electron chi connectivity index (χ3n) is 2.43. The summed E-state index contributed by atoms with van der Waals surface area (Å²) in [5.41, 5.74) is 6.79. The molecule has 0 fully saturated rings. The van der Waals surface area contributed by atoms with Crippen molar-refractivity contribution in [2.45, 2.75) is 6.92 Å². The van der Waals surface area contributed by atoms with E-state index in [-0.39, 0.29) is 16.5 Å². The van der Waals surface area contributed by atoms with Gasteiger partial charge >= 0.3 is 0 Å². The SMILES string of the molecule is CCS(=O)(=O)CCNc1cccc(Cl)c1C(N)=S. The molecule has 0 spiro atoms. The highest BCUT2D eigenvalue weighted by Gasteiger charge is 2.11. The first kappa shape index (κ1) is 15.2. The summed E-state index contributed by atoms with van der Waals surface area (Å²) in [6.07, 6.45) is 0. The van der Waals surface area contributed by atoms with Crippen molar-refractivity contribution in [2.24, 2.45) is 5.73 Å². The van der Waals surface area contributed by atoms with Gasteiger partial charge in [0.05, 0.1) is 16.3 Å². The van der Waals surface area contributed by atoms with Crippen LogP contribution in [0.4, 0.5) is 5.69 Å². The molecule has 0 saturated heterocycles. The average Bonchev–Trinajstić information content (AvgIpc) is 2.28. The van der Waals surface area contributed by atoms with Gasteiger partial charge in [-0.05, 0) is 12.1 Å². The number of nitrogens with two attached hydrogens (primary N) is 1. The Hall–Kier alpha value is -0.850. The van der Waals surface area contributed by atoms with E-state index >= 15 is 0 Å². The van der Waals surface area contributed by atoms with Gasteiger partial charge in [-0.2, -0.15) is 0 Å². The summed E-state index contributed by atoms with van der Waals surface area (Å²) in [5.74, 6) is 0.194. The molecule has 100 valence electrons. The van der Waals surface area contributed by atoms with Crippen LogP contribution < -0.4 is 11.1 Å². The van der Waals surface area contributed by atoms with E-state index in [2.05, 4.69) is 5.32 Å². The van der Waals surface area contributed by atoms with E-state index in [0.717, 1.165) is 0 Å². The van der Waals surface area contributed by atoms with Crippen molar-refractivity contribution in [3.05, 3.63) is 28.8 Å². The van der Waals surface area contributed by atoms with Crippen LogP contribution in [0, 0.1) is 0 Å². The van der Waals surface area contributed by atoms with Crippen LogP contribution in [0.2, 0.25) is 5.02 Å². The number of sulfone groups is 1. The molecule has 0 heterocycles. The van der Waals surface area contributed by atoms with E-state index in [1.165, 1.54) is 0 Å². The summed E-state index contributed by atoms with van der Waals surface area (Å²) < 4.78 is 22.7. The molecule has 7 heteroatoms. The predicted octanol–water partition coefficient (Wildman–Crippen LogP) is 1.82. The fourth-order valence-corrected chi connectivity index (χ4v) is 2.66. The molecule has 0 amide bonds. The maximum atomic E-state index is 11.4. The monoisotopic (exact) mass is 306 g/mol. The van der Waals surface area contributed by atoms with Crippen LogP contribution in [-0.4, -0.2) is 31.5 Å². The standard InChI is InChI=1S/C11H15ClN2O2S2/c1-2-18(15,16)7-6-14-9-5-3-4-8(12)10(9)11(13)17/h3-5,14H,2,6-7H2,1H3,(H2,13,17). The van der Waals surface area contributed by atoms with Gasteiger partial charge in [0, 0.05) is 18.0 Å². The Kier molecular flexibility index (Phi) is 5.37. The third kappa shape index (κ3) is 4.12. The summed E-state index contributed by atoms with van der Waals surface area (Å²) >= 11 is 10.9. The number of hydrogen-bond donors (Lipinski definition) is 2. The van der Waals surface area contributed by atoms with Crippen LogP contribution in [0.25, 0.3) is 0 Å². The van der Waals surface area contributed by atoms with Crippen LogP contribution in [0.5, 0.6) is 0 Å². The van der Waals surface area contributed by atoms with E-state index in [1.807, 2.05) is 0 Å². The summed E-state index contributed by atoms with van der Waals surface area (Å²) in [7, 11) is -2.99. The quantitative estimate of drug-likeness (QED) is 0.784. The molecule has 1 rings (SSSR count). The Bertz CT molecular complexity index is 544. The van der Waals surface area contributed by atoms with Crippen molar-refractivity contribution < 1.29 is 8.42 Å². The first-order chi connectivity index (χ1) is 8.37. The second-order valence-electron chi connectivity index (χ2n) is 3.69. The zero-order valence-corrected chi connectivity index (χ0v) is 12.3. The first-order valence-electron chi connectivity index (χ1n) is 5.40. The lowest BCUT2D eigenvalue weighted by molar-refractivity contribution is 0.597. The maximum absolute atomic E-state index is 11.4. The summed E-state index contributed by atoms with van der Waals surface area (Å²) in [4.78, 5) is 0.182. The molecule has 0 unspecified atom stereocenters. The Morgan fingerprint density at radius 1 is 1.50 bits per heavy atom. The van der Waals surface area contributed by atoms with E-state index in [9.17, 15) is 8.42 Å². The molecule has 18 heavy (non-hydrogen) atoms. The Balaban J connectivity index is 2.80. The summed E-state index contributed by atoms with van der Waals surface area (Å²) in [6, 6.07) is 5.20. The number of benzene rings is 1. The molecule has 3 N–H and O–H groups in total. The lowest BCUT2D eigenvalue weighted by atomic mass is 10.1. The Morgan fingerprint density at radius 3 is 2.72 bits per heavy atom. The average molecular weight is 307 g/mol. The molecule has 0 bridgehead atoms. The van der Waals surface area contributed by atoms with Crippen LogP contribution in [-0.2, 0) is 9.84 Å². The Labute approximate surface area is 117 Å². The minimum absolute atomic E-state index is 0.0623. The van der Waals surface area contributed by atoms with Crippen molar-refractivity contribution in [1.29, 1.82) is 0 Å². The van der Waals surface area contributed by atoms with Crippen molar-refractivity contribution in [1.82, 2.24) is 0 Å². The fourth-order valence-electron chi connectivity index (χ4n) is 1.41. The van der Waals surface area contributed by atoms with E-state index in [0.29, 0.717) is 22.8 Å². The molecule has 4 nitrogen and oxygen atoms in total. The molecular formula is C11H15ClN2O2S2. The molecule has 0 saturated carbocycles. The van der Waals surface area contributed by atoms with Gasteiger partial charge in [-0.15, -0.1) is 0 Å². The topological polar surface area (TPSA) is 72.2 Å². The molecule has 0 radical (unpaired) electrons. The predicted molar refractivity (Wildman–Crippen MR) is 80.2 cm³/mol. The van der Waals surface area contributed by atoms with Gasteiger partial charge < -0.3 is 11.1 Å². The summed E-state index contributed by atoms with van der Waals surface area (Å²) in [5, 5.41) is 3.44. The Morgan fingerprint density at radius 2 is 2.17 bits per heavy atom. The number of hydrogen-bond acceptors (Lipinski definition) is 4. The lowest BCUT2D eigenvalue weighted by Crippen LogP contribution is -2.19. The zero-order valence-electron chi connectivity index (χ0n) is 9.94. The molecule has 0 aliphatic rings. The largest absolute Gasteiger partial charge is 0.389 e. The second-order valence-corrected chi connectivity index (χ2v) is 7.01.